The number of hydrogen-bond acceptors (Lipinski definition) is 3. The van der Waals surface area contributed by atoms with Crippen LogP contribution in [-0.4, -0.2) is 41.4 Å². The molecule has 0 fully saturated rings. The lowest BCUT2D eigenvalue weighted by molar-refractivity contribution is -0.140. The van der Waals surface area contributed by atoms with Crippen molar-refractivity contribution < 1.29 is 14.3 Å². The Balaban J connectivity index is 1.95. The van der Waals surface area contributed by atoms with Crippen molar-refractivity contribution in [3.05, 3.63) is 65.2 Å². The molecule has 2 rings (SSSR count). The van der Waals surface area contributed by atoms with Crippen LogP contribution in [0, 0.1) is 0 Å². The van der Waals surface area contributed by atoms with Gasteiger partial charge in [-0.05, 0) is 70.4 Å². The minimum atomic E-state index is -0.548. The van der Waals surface area contributed by atoms with Gasteiger partial charge in [0.25, 0.3) is 0 Å². The summed E-state index contributed by atoms with van der Waals surface area (Å²) in [7, 11) is 0. The predicted molar refractivity (Wildman–Crippen MR) is 125 cm³/mol. The average molecular weight is 445 g/mol. The molecule has 0 aliphatic heterocycles. The summed E-state index contributed by atoms with van der Waals surface area (Å²) in [6.07, 6.45) is 1.58. The van der Waals surface area contributed by atoms with Gasteiger partial charge in [0, 0.05) is 23.5 Å². The third-order valence-electron chi connectivity index (χ3n) is 4.77. The Morgan fingerprint density at radius 1 is 1.06 bits per heavy atom. The van der Waals surface area contributed by atoms with E-state index in [1.54, 1.807) is 36.1 Å². The second-order valence-corrected chi connectivity index (χ2v) is 9.08. The molecule has 5 nitrogen and oxygen atoms in total. The van der Waals surface area contributed by atoms with Gasteiger partial charge in [-0.2, -0.15) is 0 Å². The van der Waals surface area contributed by atoms with Crippen LogP contribution >= 0.6 is 11.6 Å². The fraction of sp³-hybridized carbons (Fsp3) is 0.440. The molecule has 0 aromatic heterocycles. The first-order chi connectivity index (χ1) is 14.7. The zero-order valence-corrected chi connectivity index (χ0v) is 19.6. The van der Waals surface area contributed by atoms with Crippen LogP contribution in [0.1, 0.15) is 46.1 Å². The summed E-state index contributed by atoms with van der Waals surface area (Å²) >= 11 is 5.88. The molecule has 168 valence electrons. The van der Waals surface area contributed by atoms with E-state index in [1.807, 2.05) is 51.1 Å². The number of amides is 2. The largest absolute Gasteiger partial charge is 0.494 e. The number of carbonyl (C=O) groups is 2. The average Bonchev–Trinajstić information content (AvgIpc) is 2.72. The van der Waals surface area contributed by atoms with Crippen LogP contribution in [0.25, 0.3) is 0 Å². The van der Waals surface area contributed by atoms with Gasteiger partial charge in [-0.15, -0.1) is 0 Å². The van der Waals surface area contributed by atoms with Crippen molar-refractivity contribution in [3.8, 4) is 5.75 Å². The lowest BCUT2D eigenvalue weighted by Gasteiger charge is -2.31. The summed E-state index contributed by atoms with van der Waals surface area (Å²) in [5, 5.41) is 3.63. The standard InChI is InChI=1S/C25H33ClN2O3/c1-19(24(30)27-25(2,3)4)28(17-16-20-9-6-5-7-10-20)23(29)11-8-18-31-22-14-12-21(26)13-15-22/h5-7,9-10,12-15,19H,8,11,16-18H2,1-4H3,(H,27,30)/t19-/m1/s1. The number of rotatable bonds is 10. The number of nitrogens with one attached hydrogen (secondary N) is 1. The second-order valence-electron chi connectivity index (χ2n) is 8.64. The van der Waals surface area contributed by atoms with Gasteiger partial charge in [0.05, 0.1) is 6.61 Å². The summed E-state index contributed by atoms with van der Waals surface area (Å²) in [6, 6.07) is 16.6. The fourth-order valence-electron chi connectivity index (χ4n) is 3.13. The zero-order valence-electron chi connectivity index (χ0n) is 18.9. The molecule has 0 bridgehead atoms. The minimum absolute atomic E-state index is 0.0489. The molecule has 31 heavy (non-hydrogen) atoms. The van der Waals surface area contributed by atoms with E-state index in [-0.39, 0.29) is 17.4 Å². The molecule has 0 aliphatic rings. The molecule has 2 aromatic rings. The molecule has 0 unspecified atom stereocenters. The van der Waals surface area contributed by atoms with Gasteiger partial charge >= 0.3 is 0 Å². The highest BCUT2D eigenvalue weighted by Gasteiger charge is 2.27. The number of halogens is 1. The van der Waals surface area contributed by atoms with Gasteiger partial charge in [0.2, 0.25) is 11.8 Å². The summed E-state index contributed by atoms with van der Waals surface area (Å²) < 4.78 is 5.69. The zero-order chi connectivity index (χ0) is 22.9. The van der Waals surface area contributed by atoms with Crippen LogP contribution in [0.3, 0.4) is 0 Å². The van der Waals surface area contributed by atoms with Crippen molar-refractivity contribution in [2.24, 2.45) is 0 Å². The Labute approximate surface area is 190 Å². The first-order valence-electron chi connectivity index (χ1n) is 10.7. The number of ether oxygens (including phenoxy) is 1. The van der Waals surface area contributed by atoms with Gasteiger partial charge in [-0.25, -0.2) is 0 Å². The predicted octanol–water partition coefficient (Wildman–Crippen LogP) is 4.87. The summed E-state index contributed by atoms with van der Waals surface area (Å²) in [5.74, 6) is 0.522. The molecule has 0 saturated carbocycles. The maximum Gasteiger partial charge on any atom is 0.242 e. The Morgan fingerprint density at radius 3 is 2.32 bits per heavy atom. The van der Waals surface area contributed by atoms with E-state index >= 15 is 0 Å². The van der Waals surface area contributed by atoms with Crippen molar-refractivity contribution in [1.29, 1.82) is 0 Å². The molecule has 2 aromatic carbocycles. The molecule has 0 spiro atoms. The molecule has 0 heterocycles. The van der Waals surface area contributed by atoms with Crippen molar-refractivity contribution in [2.45, 2.75) is 58.5 Å². The summed E-state index contributed by atoms with van der Waals surface area (Å²) in [6.45, 7) is 8.49. The van der Waals surface area contributed by atoms with Gasteiger partial charge in [-0.1, -0.05) is 41.9 Å². The van der Waals surface area contributed by atoms with Crippen LogP contribution in [0.15, 0.2) is 54.6 Å². The monoisotopic (exact) mass is 444 g/mol. The first-order valence-corrected chi connectivity index (χ1v) is 11.1. The van der Waals surface area contributed by atoms with Crippen LogP contribution < -0.4 is 10.1 Å². The van der Waals surface area contributed by atoms with E-state index in [0.29, 0.717) is 37.4 Å². The highest BCUT2D eigenvalue weighted by molar-refractivity contribution is 6.30. The molecule has 1 N–H and O–H groups in total. The fourth-order valence-corrected chi connectivity index (χ4v) is 3.26. The normalized spacial score (nSPS) is 12.2. The molecule has 6 heteroatoms. The quantitative estimate of drug-likeness (QED) is 0.531. The molecule has 0 aliphatic carbocycles. The molecule has 0 saturated heterocycles. The highest BCUT2D eigenvalue weighted by atomic mass is 35.5. The number of carbonyl (C=O) groups excluding carboxylic acids is 2. The lowest BCUT2D eigenvalue weighted by atomic mass is 10.1. The number of nitrogens with zero attached hydrogens (tertiary/aromatic N) is 1. The van der Waals surface area contributed by atoms with Gasteiger partial charge < -0.3 is 15.0 Å². The van der Waals surface area contributed by atoms with Gasteiger partial charge in [0.1, 0.15) is 11.8 Å². The topological polar surface area (TPSA) is 58.6 Å². The van der Waals surface area contributed by atoms with Crippen LogP contribution in [0.4, 0.5) is 0 Å². The van der Waals surface area contributed by atoms with Gasteiger partial charge in [0.15, 0.2) is 0 Å². The molecular weight excluding hydrogens is 412 g/mol. The third kappa shape index (κ3) is 9.01. The SMILES string of the molecule is C[C@H](C(=O)NC(C)(C)C)N(CCc1ccccc1)C(=O)CCCOc1ccc(Cl)cc1. The van der Waals surface area contributed by atoms with Crippen molar-refractivity contribution >= 4 is 23.4 Å². The smallest absolute Gasteiger partial charge is 0.242 e. The van der Waals surface area contributed by atoms with Crippen LogP contribution in [0.2, 0.25) is 5.02 Å². The number of hydrogen-bond donors (Lipinski definition) is 1. The molecular formula is C25H33ClN2O3. The maximum atomic E-state index is 13.0. The van der Waals surface area contributed by atoms with Crippen LogP contribution in [-0.2, 0) is 16.0 Å². The first kappa shape index (κ1) is 24.7. The van der Waals surface area contributed by atoms with E-state index < -0.39 is 6.04 Å². The highest BCUT2D eigenvalue weighted by Crippen LogP contribution is 2.16. The Hall–Kier alpha value is -2.53. The summed E-state index contributed by atoms with van der Waals surface area (Å²) in [4.78, 5) is 27.4. The van der Waals surface area contributed by atoms with E-state index in [4.69, 9.17) is 16.3 Å². The second kappa shape index (κ2) is 11.8. The van der Waals surface area contributed by atoms with E-state index in [9.17, 15) is 9.59 Å². The number of benzene rings is 2. The van der Waals surface area contributed by atoms with E-state index in [0.717, 1.165) is 11.3 Å². The Kier molecular flexibility index (Phi) is 9.38. The van der Waals surface area contributed by atoms with Gasteiger partial charge in [-0.3, -0.25) is 9.59 Å². The van der Waals surface area contributed by atoms with E-state index in [2.05, 4.69) is 5.32 Å². The van der Waals surface area contributed by atoms with E-state index in [1.165, 1.54) is 0 Å². The minimum Gasteiger partial charge on any atom is -0.494 e. The Morgan fingerprint density at radius 2 is 1.71 bits per heavy atom. The molecule has 0 radical (unpaired) electrons. The molecule has 2 amide bonds. The third-order valence-corrected chi connectivity index (χ3v) is 5.02. The van der Waals surface area contributed by atoms with Crippen molar-refractivity contribution in [3.63, 3.8) is 0 Å². The van der Waals surface area contributed by atoms with Crippen molar-refractivity contribution in [2.75, 3.05) is 13.2 Å². The lowest BCUT2D eigenvalue weighted by Crippen LogP contribution is -2.53. The summed E-state index contributed by atoms with van der Waals surface area (Å²) in [5.41, 5.74) is 0.779. The van der Waals surface area contributed by atoms with Crippen molar-refractivity contribution in [1.82, 2.24) is 10.2 Å². The molecule has 1 atom stereocenters. The van der Waals surface area contributed by atoms with Crippen LogP contribution in [0.5, 0.6) is 5.75 Å². The Bertz CT molecular complexity index is 832. The maximum absolute atomic E-state index is 13.0.